The van der Waals surface area contributed by atoms with E-state index >= 15 is 0 Å². The summed E-state index contributed by atoms with van der Waals surface area (Å²) in [6, 6.07) is 0. The van der Waals surface area contributed by atoms with Crippen LogP contribution in [-0.2, 0) is 9.47 Å². The summed E-state index contributed by atoms with van der Waals surface area (Å²) in [5.41, 5.74) is -0.415. The zero-order chi connectivity index (χ0) is 14.6. The summed E-state index contributed by atoms with van der Waals surface area (Å²) in [7, 11) is 0. The van der Waals surface area contributed by atoms with Crippen molar-refractivity contribution in [3.05, 3.63) is 0 Å². The fourth-order valence-corrected chi connectivity index (χ4v) is 6.65. The van der Waals surface area contributed by atoms with Gasteiger partial charge in [-0.25, -0.2) is 0 Å². The Labute approximate surface area is 130 Å². The first-order valence-electron chi connectivity index (χ1n) is 7.46. The lowest BCUT2D eigenvalue weighted by molar-refractivity contribution is -0.289. The molecule has 2 fully saturated rings. The van der Waals surface area contributed by atoms with Gasteiger partial charge in [0.05, 0.1) is 9.68 Å². The third-order valence-corrected chi connectivity index (χ3v) is 8.14. The van der Waals surface area contributed by atoms with Crippen LogP contribution in [0.4, 0.5) is 0 Å². The molecule has 0 aromatic rings. The van der Waals surface area contributed by atoms with Crippen molar-refractivity contribution < 1.29 is 19.7 Å². The van der Waals surface area contributed by atoms with Crippen LogP contribution in [0.5, 0.6) is 0 Å². The molecule has 4 nitrogen and oxygen atoms in total. The second-order valence-electron chi connectivity index (χ2n) is 5.62. The lowest BCUT2D eigenvalue weighted by atomic mass is 9.93. The maximum absolute atomic E-state index is 9.49. The molecule has 0 bridgehead atoms. The number of aliphatic hydroxyl groups is 2. The summed E-state index contributed by atoms with van der Waals surface area (Å²) in [4.78, 5) is 0. The van der Waals surface area contributed by atoms with E-state index in [0.29, 0.717) is 6.61 Å². The predicted molar refractivity (Wildman–Crippen MR) is 83.9 cm³/mol. The highest BCUT2D eigenvalue weighted by Gasteiger charge is 2.51. The molecular weight excluding hydrogens is 296 g/mol. The van der Waals surface area contributed by atoms with Gasteiger partial charge in [0.1, 0.15) is 0 Å². The molecular formula is C14H26O4S2. The summed E-state index contributed by atoms with van der Waals surface area (Å²) < 4.78 is 11.6. The highest BCUT2D eigenvalue weighted by molar-refractivity contribution is 8.18. The van der Waals surface area contributed by atoms with E-state index in [1.165, 1.54) is 6.42 Å². The molecule has 2 rings (SSSR count). The Kier molecular flexibility index (Phi) is 6.09. The van der Waals surface area contributed by atoms with Crippen LogP contribution in [-0.4, -0.2) is 50.6 Å². The van der Waals surface area contributed by atoms with Crippen LogP contribution in [0.15, 0.2) is 0 Å². The first-order chi connectivity index (χ1) is 9.53. The van der Waals surface area contributed by atoms with Crippen molar-refractivity contribution in [3.8, 4) is 0 Å². The highest BCUT2D eigenvalue weighted by atomic mass is 32.2. The lowest BCUT2D eigenvalue weighted by Gasteiger charge is -2.50. The van der Waals surface area contributed by atoms with E-state index < -0.39 is 18.2 Å². The zero-order valence-corrected chi connectivity index (χ0v) is 14.0. The molecule has 2 atom stereocenters. The topological polar surface area (TPSA) is 58.9 Å². The molecule has 6 heteroatoms. The molecule has 2 aliphatic rings. The van der Waals surface area contributed by atoms with E-state index in [4.69, 9.17) is 9.47 Å². The van der Waals surface area contributed by atoms with Crippen LogP contribution in [0, 0.1) is 0 Å². The molecule has 0 aliphatic carbocycles. The maximum atomic E-state index is 9.49. The Morgan fingerprint density at radius 2 is 1.90 bits per heavy atom. The van der Waals surface area contributed by atoms with E-state index in [-0.39, 0.29) is 4.08 Å². The Hall–Kier alpha value is 0.540. The smallest absolute Gasteiger partial charge is 0.209 e. The van der Waals surface area contributed by atoms with Gasteiger partial charge in [-0.1, -0.05) is 6.92 Å². The van der Waals surface area contributed by atoms with Gasteiger partial charge in [-0.05, 0) is 50.5 Å². The first kappa shape index (κ1) is 16.9. The predicted octanol–water partition coefficient (Wildman–Crippen LogP) is 2.58. The average Bonchev–Trinajstić information content (AvgIpc) is 2.51. The minimum atomic E-state index is -1.59. The van der Waals surface area contributed by atoms with Crippen molar-refractivity contribution in [3.63, 3.8) is 0 Å². The second kappa shape index (κ2) is 7.20. The third kappa shape index (κ3) is 3.47. The van der Waals surface area contributed by atoms with Crippen LogP contribution >= 0.6 is 23.5 Å². The molecule has 0 radical (unpaired) electrons. The molecule has 2 unspecified atom stereocenters. The van der Waals surface area contributed by atoms with Gasteiger partial charge in [0, 0.05) is 6.61 Å². The van der Waals surface area contributed by atoms with E-state index in [9.17, 15) is 10.2 Å². The second-order valence-corrected chi connectivity index (χ2v) is 8.66. The van der Waals surface area contributed by atoms with E-state index in [0.717, 1.165) is 37.2 Å². The minimum Gasteiger partial charge on any atom is -0.364 e. The van der Waals surface area contributed by atoms with Crippen LogP contribution in [0.2, 0.25) is 0 Å². The van der Waals surface area contributed by atoms with Crippen molar-refractivity contribution in [1.29, 1.82) is 0 Å². The lowest BCUT2D eigenvalue weighted by Crippen LogP contribution is -2.53. The fraction of sp³-hybridized carbons (Fsp3) is 1.00. The Morgan fingerprint density at radius 1 is 1.20 bits per heavy atom. The van der Waals surface area contributed by atoms with Gasteiger partial charge in [0.15, 0.2) is 0 Å². The van der Waals surface area contributed by atoms with Crippen molar-refractivity contribution >= 4 is 23.5 Å². The summed E-state index contributed by atoms with van der Waals surface area (Å²) in [6.45, 7) is 4.73. The van der Waals surface area contributed by atoms with Crippen LogP contribution in [0.1, 0.15) is 46.0 Å². The molecule has 0 aromatic heterocycles. The van der Waals surface area contributed by atoms with Crippen molar-refractivity contribution in [2.45, 2.75) is 68.2 Å². The molecule has 0 saturated carbocycles. The van der Waals surface area contributed by atoms with Gasteiger partial charge in [0.25, 0.3) is 0 Å². The molecule has 0 amide bonds. The van der Waals surface area contributed by atoms with Crippen LogP contribution in [0.25, 0.3) is 0 Å². The van der Waals surface area contributed by atoms with Gasteiger partial charge in [-0.2, -0.15) is 0 Å². The van der Waals surface area contributed by atoms with E-state index in [2.05, 4.69) is 13.8 Å². The van der Waals surface area contributed by atoms with Crippen molar-refractivity contribution in [2.24, 2.45) is 0 Å². The summed E-state index contributed by atoms with van der Waals surface area (Å²) in [6.07, 6.45) is 2.65. The number of aliphatic hydroxyl groups excluding tert-OH is 1. The molecule has 2 aliphatic heterocycles. The fourth-order valence-electron chi connectivity index (χ4n) is 2.83. The first-order valence-corrected chi connectivity index (χ1v) is 9.43. The summed E-state index contributed by atoms with van der Waals surface area (Å²) in [5, 5.41) is 19.0. The normalized spacial score (nSPS) is 35.5. The summed E-state index contributed by atoms with van der Waals surface area (Å²) >= 11 is 3.97. The largest absolute Gasteiger partial charge is 0.364 e. The zero-order valence-electron chi connectivity index (χ0n) is 12.3. The van der Waals surface area contributed by atoms with Gasteiger partial charge < -0.3 is 19.7 Å². The quantitative estimate of drug-likeness (QED) is 0.762. The number of hydrogen-bond acceptors (Lipinski definition) is 6. The highest BCUT2D eigenvalue weighted by Crippen LogP contribution is 2.55. The standard InChI is InChI=1S/C14H26O4S2/c1-3-13(2)14(19-9-6-10-20-14)7-4-5-8-17-12(18-13)11(15)16/h11-12,15-16H,3-10H2,1-2H3. The van der Waals surface area contributed by atoms with Crippen LogP contribution < -0.4 is 0 Å². The third-order valence-electron chi connectivity index (χ3n) is 4.24. The molecule has 118 valence electrons. The Bertz CT molecular complexity index is 308. The minimum absolute atomic E-state index is 0.000833. The van der Waals surface area contributed by atoms with Gasteiger partial charge in [-0.15, -0.1) is 23.5 Å². The number of ether oxygens (including phenoxy) is 2. The van der Waals surface area contributed by atoms with E-state index in [1.807, 2.05) is 23.5 Å². The average molecular weight is 322 g/mol. The number of rotatable bonds is 2. The van der Waals surface area contributed by atoms with Gasteiger partial charge >= 0.3 is 0 Å². The maximum Gasteiger partial charge on any atom is 0.209 e. The molecule has 2 N–H and O–H groups in total. The van der Waals surface area contributed by atoms with Gasteiger partial charge in [-0.3, -0.25) is 0 Å². The monoisotopic (exact) mass is 322 g/mol. The summed E-state index contributed by atoms with van der Waals surface area (Å²) in [5.74, 6) is 2.30. The Morgan fingerprint density at radius 3 is 2.50 bits per heavy atom. The molecule has 2 saturated heterocycles. The van der Waals surface area contributed by atoms with E-state index in [1.54, 1.807) is 0 Å². The SMILES string of the molecule is CCC1(C)OC(C(O)O)OCCCCC12SCCCS2. The number of hydrogen-bond donors (Lipinski definition) is 2. The molecule has 1 spiro atoms. The number of thioether (sulfide) groups is 2. The molecule has 20 heavy (non-hydrogen) atoms. The molecule has 2 heterocycles. The van der Waals surface area contributed by atoms with Crippen molar-refractivity contribution in [1.82, 2.24) is 0 Å². The van der Waals surface area contributed by atoms with Gasteiger partial charge in [0.2, 0.25) is 12.6 Å². The Balaban J connectivity index is 2.26. The molecule has 0 aromatic carbocycles. The van der Waals surface area contributed by atoms with Crippen LogP contribution in [0.3, 0.4) is 0 Å². The van der Waals surface area contributed by atoms with Crippen molar-refractivity contribution in [2.75, 3.05) is 18.1 Å².